The van der Waals surface area contributed by atoms with Crippen LogP contribution in [0, 0.1) is 0 Å². The lowest BCUT2D eigenvalue weighted by Gasteiger charge is -2.03. The Hall–Kier alpha value is -2.45. The molecule has 0 spiro atoms. The second kappa shape index (κ2) is 7.66. The van der Waals surface area contributed by atoms with Gasteiger partial charge in [-0.15, -0.1) is 5.10 Å². The maximum absolute atomic E-state index is 12.3. The Morgan fingerprint density at radius 1 is 1.15 bits per heavy atom. The van der Waals surface area contributed by atoms with E-state index in [1.54, 1.807) is 12.3 Å². The monoisotopic (exact) mass is 441 g/mol. The lowest BCUT2D eigenvalue weighted by molar-refractivity contribution is 0.967. The summed E-state index contributed by atoms with van der Waals surface area (Å²) in [6.07, 6.45) is 2.72. The van der Waals surface area contributed by atoms with E-state index in [9.17, 15) is 4.79 Å². The average Bonchev–Trinajstić information content (AvgIpc) is 3.16. The minimum absolute atomic E-state index is 0.108. The quantitative estimate of drug-likeness (QED) is 0.471. The summed E-state index contributed by atoms with van der Waals surface area (Å²) in [4.78, 5) is 21.3. The summed E-state index contributed by atoms with van der Waals surface area (Å²) in [7, 11) is 0. The van der Waals surface area contributed by atoms with Crippen molar-refractivity contribution >= 4 is 33.3 Å². The van der Waals surface area contributed by atoms with Crippen LogP contribution in [0.1, 0.15) is 18.2 Å². The van der Waals surface area contributed by atoms with Gasteiger partial charge >= 0.3 is 0 Å². The molecule has 0 atom stereocenters. The Labute approximate surface area is 168 Å². The van der Waals surface area contributed by atoms with E-state index in [1.807, 2.05) is 24.3 Å². The van der Waals surface area contributed by atoms with Crippen LogP contribution in [0.3, 0.4) is 0 Å². The smallest absolute Gasteiger partial charge is 0.258 e. The van der Waals surface area contributed by atoms with Gasteiger partial charge in [-0.1, -0.05) is 43.0 Å². The number of hydrogen-bond acceptors (Lipinski definition) is 5. The molecule has 136 valence electrons. The van der Waals surface area contributed by atoms with Gasteiger partial charge in [0.15, 0.2) is 5.82 Å². The normalized spacial score (nSPS) is 11.2. The summed E-state index contributed by atoms with van der Waals surface area (Å²) in [6, 6.07) is 13.5. The molecule has 0 bridgehead atoms. The van der Waals surface area contributed by atoms with Gasteiger partial charge in [0.1, 0.15) is 5.65 Å². The molecule has 27 heavy (non-hydrogen) atoms. The van der Waals surface area contributed by atoms with Gasteiger partial charge in [-0.2, -0.15) is 0 Å². The molecule has 0 fully saturated rings. The van der Waals surface area contributed by atoms with Crippen molar-refractivity contribution < 1.29 is 0 Å². The van der Waals surface area contributed by atoms with E-state index < -0.39 is 0 Å². The molecule has 0 aliphatic heterocycles. The zero-order valence-corrected chi connectivity index (χ0v) is 16.9. The van der Waals surface area contributed by atoms with Crippen molar-refractivity contribution in [1.29, 1.82) is 0 Å². The molecule has 3 aromatic heterocycles. The number of aromatic nitrogens is 5. The maximum Gasteiger partial charge on any atom is 0.258 e. The minimum atomic E-state index is -0.108. The van der Waals surface area contributed by atoms with Crippen LogP contribution < -0.4 is 5.56 Å². The van der Waals surface area contributed by atoms with Crippen molar-refractivity contribution in [2.24, 2.45) is 0 Å². The first-order chi connectivity index (χ1) is 13.1. The van der Waals surface area contributed by atoms with E-state index >= 15 is 0 Å². The summed E-state index contributed by atoms with van der Waals surface area (Å²) in [5, 5.41) is 7.85. The maximum atomic E-state index is 12.3. The van der Waals surface area contributed by atoms with E-state index in [0.717, 1.165) is 22.3 Å². The van der Waals surface area contributed by atoms with Gasteiger partial charge < -0.3 is 0 Å². The molecule has 4 rings (SSSR count). The highest BCUT2D eigenvalue weighted by Crippen LogP contribution is 2.22. The summed E-state index contributed by atoms with van der Waals surface area (Å²) < 4.78 is 2.35. The summed E-state index contributed by atoms with van der Waals surface area (Å²) in [6.45, 7) is 2.13. The van der Waals surface area contributed by atoms with Gasteiger partial charge in [-0.3, -0.25) is 14.3 Å². The van der Waals surface area contributed by atoms with Crippen LogP contribution in [-0.2, 0) is 12.2 Å². The van der Waals surface area contributed by atoms with E-state index in [-0.39, 0.29) is 5.56 Å². The standard InChI is InChI=1S/C19H16BrN5OS/c1-2-12-3-5-13(6-4-12)18-22-19(24-23-18)27-11-15-9-17(26)25-10-14(20)7-8-16(25)21-15/h3-10H,2,11H2,1H3,(H,22,23,24). The van der Waals surface area contributed by atoms with Gasteiger partial charge in [0.05, 0.1) is 5.69 Å². The SMILES string of the molecule is CCc1ccc(-c2nc(SCc3cc(=O)n4cc(Br)ccc4n3)n[nH]2)cc1. The first-order valence-electron chi connectivity index (χ1n) is 8.45. The van der Waals surface area contributed by atoms with Crippen LogP contribution in [0.5, 0.6) is 0 Å². The number of thioether (sulfide) groups is 1. The second-order valence-corrected chi connectivity index (χ2v) is 7.83. The third-order valence-electron chi connectivity index (χ3n) is 4.13. The number of hydrogen-bond donors (Lipinski definition) is 1. The Morgan fingerprint density at radius 3 is 2.74 bits per heavy atom. The molecule has 1 N–H and O–H groups in total. The van der Waals surface area contributed by atoms with Crippen LogP contribution in [-0.4, -0.2) is 24.6 Å². The number of benzene rings is 1. The topological polar surface area (TPSA) is 75.9 Å². The van der Waals surface area contributed by atoms with Gasteiger partial charge in [0, 0.05) is 28.1 Å². The third-order valence-corrected chi connectivity index (χ3v) is 5.48. The van der Waals surface area contributed by atoms with Crippen LogP contribution in [0.2, 0.25) is 0 Å². The van der Waals surface area contributed by atoms with Gasteiger partial charge in [-0.05, 0) is 40.0 Å². The molecular formula is C19H16BrN5OS. The van der Waals surface area contributed by atoms with Crippen molar-refractivity contribution in [3.63, 3.8) is 0 Å². The molecule has 0 radical (unpaired) electrons. The number of nitrogens with one attached hydrogen (secondary N) is 1. The average molecular weight is 442 g/mol. The molecule has 3 heterocycles. The number of fused-ring (bicyclic) bond motifs is 1. The highest BCUT2D eigenvalue weighted by molar-refractivity contribution is 9.10. The molecular weight excluding hydrogens is 426 g/mol. The number of pyridine rings is 1. The molecule has 0 unspecified atom stereocenters. The molecule has 8 heteroatoms. The zero-order valence-electron chi connectivity index (χ0n) is 14.5. The largest absolute Gasteiger partial charge is 0.269 e. The predicted octanol–water partition coefficient (Wildman–Crippen LogP) is 4.10. The van der Waals surface area contributed by atoms with E-state index in [0.29, 0.717) is 22.3 Å². The molecule has 6 nitrogen and oxygen atoms in total. The fourth-order valence-corrected chi connectivity index (χ4v) is 3.70. The number of H-pyrrole nitrogens is 1. The number of aromatic amines is 1. The summed E-state index contributed by atoms with van der Waals surface area (Å²) in [5.74, 6) is 1.25. The van der Waals surface area contributed by atoms with Crippen LogP contribution in [0.4, 0.5) is 0 Å². The minimum Gasteiger partial charge on any atom is -0.269 e. The number of rotatable bonds is 5. The number of halogens is 1. The molecule has 0 saturated carbocycles. The predicted molar refractivity (Wildman–Crippen MR) is 110 cm³/mol. The number of aryl methyl sites for hydroxylation is 1. The van der Waals surface area contributed by atoms with Crippen LogP contribution >= 0.6 is 27.7 Å². The van der Waals surface area contributed by atoms with Crippen molar-refractivity contribution in [3.05, 3.63) is 74.7 Å². The molecule has 0 amide bonds. The van der Waals surface area contributed by atoms with E-state index in [2.05, 4.69) is 55.2 Å². The van der Waals surface area contributed by atoms with Gasteiger partial charge in [-0.25, -0.2) is 9.97 Å². The zero-order chi connectivity index (χ0) is 18.8. The summed E-state index contributed by atoms with van der Waals surface area (Å²) in [5.41, 5.74) is 3.50. The summed E-state index contributed by atoms with van der Waals surface area (Å²) >= 11 is 4.81. The third kappa shape index (κ3) is 3.96. The van der Waals surface area contributed by atoms with Crippen LogP contribution in [0.15, 0.2) is 63.1 Å². The molecule has 4 aromatic rings. The number of nitrogens with zero attached hydrogens (tertiary/aromatic N) is 4. The fourth-order valence-electron chi connectivity index (χ4n) is 2.68. The molecule has 1 aromatic carbocycles. The van der Waals surface area contributed by atoms with Crippen molar-refractivity contribution in [1.82, 2.24) is 24.6 Å². The van der Waals surface area contributed by atoms with E-state index in [4.69, 9.17) is 0 Å². The highest BCUT2D eigenvalue weighted by Gasteiger charge is 2.09. The Balaban J connectivity index is 1.50. The molecule has 0 aliphatic carbocycles. The Morgan fingerprint density at radius 2 is 1.96 bits per heavy atom. The van der Waals surface area contributed by atoms with Gasteiger partial charge in [0.2, 0.25) is 5.16 Å². The second-order valence-electron chi connectivity index (χ2n) is 5.97. The van der Waals surface area contributed by atoms with E-state index in [1.165, 1.54) is 21.7 Å². The Kier molecular flexibility index (Phi) is 5.09. The first-order valence-corrected chi connectivity index (χ1v) is 10.2. The van der Waals surface area contributed by atoms with Crippen LogP contribution in [0.25, 0.3) is 17.0 Å². The molecule has 0 saturated heterocycles. The highest BCUT2D eigenvalue weighted by atomic mass is 79.9. The lowest BCUT2D eigenvalue weighted by atomic mass is 10.1. The first kappa shape index (κ1) is 17.9. The fraction of sp³-hybridized carbons (Fsp3) is 0.158. The molecule has 0 aliphatic rings. The Bertz CT molecular complexity index is 1150. The van der Waals surface area contributed by atoms with Crippen molar-refractivity contribution in [3.8, 4) is 11.4 Å². The van der Waals surface area contributed by atoms with Crippen molar-refractivity contribution in [2.45, 2.75) is 24.3 Å². The van der Waals surface area contributed by atoms with Crippen molar-refractivity contribution in [2.75, 3.05) is 0 Å². The van der Waals surface area contributed by atoms with Gasteiger partial charge in [0.25, 0.3) is 5.56 Å². The lowest BCUT2D eigenvalue weighted by Crippen LogP contribution is -2.15.